The standard InChI is InChI=1S/C16H24N2O2/c1-5-13(19)15(16(2,3)4)18-14(20)9-8-12-7-6-10-17-11-12/h6-7,10-11,15H,5,8-9H2,1-4H3,(H,18,20). The van der Waals surface area contributed by atoms with Gasteiger partial charge in [-0.15, -0.1) is 0 Å². The number of hydrogen-bond acceptors (Lipinski definition) is 3. The minimum atomic E-state index is -0.422. The Balaban J connectivity index is 2.57. The molecule has 0 spiro atoms. The molecule has 0 fully saturated rings. The van der Waals surface area contributed by atoms with Crippen LogP contribution in [0.15, 0.2) is 24.5 Å². The minimum absolute atomic E-state index is 0.0761. The second-order valence-electron chi connectivity index (χ2n) is 6.05. The summed E-state index contributed by atoms with van der Waals surface area (Å²) < 4.78 is 0. The third-order valence-corrected chi connectivity index (χ3v) is 3.21. The van der Waals surface area contributed by atoms with Crippen LogP contribution in [0.1, 0.15) is 46.1 Å². The molecule has 0 radical (unpaired) electrons. The molecule has 0 aliphatic carbocycles. The van der Waals surface area contributed by atoms with Crippen molar-refractivity contribution in [1.82, 2.24) is 10.3 Å². The summed E-state index contributed by atoms with van der Waals surface area (Å²) in [6.07, 6.45) is 4.90. The van der Waals surface area contributed by atoms with E-state index in [-0.39, 0.29) is 17.1 Å². The van der Waals surface area contributed by atoms with Crippen LogP contribution in [0.3, 0.4) is 0 Å². The maximum absolute atomic E-state index is 12.0. The number of hydrogen-bond donors (Lipinski definition) is 1. The summed E-state index contributed by atoms with van der Waals surface area (Å²) in [5, 5.41) is 2.87. The van der Waals surface area contributed by atoms with E-state index in [0.29, 0.717) is 19.3 Å². The summed E-state index contributed by atoms with van der Waals surface area (Å²) in [6, 6.07) is 3.37. The molecule has 0 bridgehead atoms. The maximum Gasteiger partial charge on any atom is 0.220 e. The molecule has 0 aliphatic rings. The van der Waals surface area contributed by atoms with Crippen molar-refractivity contribution in [2.75, 3.05) is 0 Å². The highest BCUT2D eigenvalue weighted by Crippen LogP contribution is 2.21. The highest BCUT2D eigenvalue weighted by molar-refractivity contribution is 5.89. The minimum Gasteiger partial charge on any atom is -0.346 e. The Kier molecular flexibility index (Phi) is 5.86. The molecule has 0 aromatic carbocycles. The van der Waals surface area contributed by atoms with Crippen LogP contribution < -0.4 is 5.32 Å². The van der Waals surface area contributed by atoms with E-state index in [2.05, 4.69) is 10.3 Å². The number of nitrogens with zero attached hydrogens (tertiary/aromatic N) is 1. The molecule has 4 nitrogen and oxygen atoms in total. The Morgan fingerprint density at radius 1 is 1.35 bits per heavy atom. The van der Waals surface area contributed by atoms with E-state index in [1.165, 1.54) is 0 Å². The highest BCUT2D eigenvalue weighted by Gasteiger charge is 2.31. The average molecular weight is 276 g/mol. The molecule has 1 rings (SSSR count). The van der Waals surface area contributed by atoms with Crippen molar-refractivity contribution in [2.45, 2.75) is 53.0 Å². The maximum atomic E-state index is 12.0. The normalized spacial score (nSPS) is 12.8. The quantitative estimate of drug-likeness (QED) is 0.868. The van der Waals surface area contributed by atoms with Gasteiger partial charge < -0.3 is 5.32 Å². The van der Waals surface area contributed by atoms with Crippen molar-refractivity contribution in [2.24, 2.45) is 5.41 Å². The van der Waals surface area contributed by atoms with E-state index in [1.807, 2.05) is 39.8 Å². The van der Waals surface area contributed by atoms with Crippen LogP contribution in [-0.2, 0) is 16.0 Å². The van der Waals surface area contributed by atoms with Gasteiger partial charge in [-0.3, -0.25) is 14.6 Å². The Morgan fingerprint density at radius 3 is 2.55 bits per heavy atom. The zero-order chi connectivity index (χ0) is 15.2. The smallest absolute Gasteiger partial charge is 0.220 e. The first kappa shape index (κ1) is 16.3. The fraction of sp³-hybridized carbons (Fsp3) is 0.562. The molecule has 4 heteroatoms. The van der Waals surface area contributed by atoms with Crippen molar-refractivity contribution in [1.29, 1.82) is 0 Å². The first-order valence-corrected chi connectivity index (χ1v) is 7.05. The van der Waals surface area contributed by atoms with Crippen molar-refractivity contribution >= 4 is 11.7 Å². The van der Waals surface area contributed by atoms with E-state index < -0.39 is 6.04 Å². The molecule has 1 N–H and O–H groups in total. The van der Waals surface area contributed by atoms with Crippen LogP contribution >= 0.6 is 0 Å². The van der Waals surface area contributed by atoms with E-state index in [0.717, 1.165) is 5.56 Å². The van der Waals surface area contributed by atoms with Crippen molar-refractivity contribution < 1.29 is 9.59 Å². The lowest BCUT2D eigenvalue weighted by atomic mass is 9.83. The fourth-order valence-electron chi connectivity index (χ4n) is 2.02. The van der Waals surface area contributed by atoms with E-state index in [1.54, 1.807) is 12.4 Å². The number of aryl methyl sites for hydroxylation is 1. The van der Waals surface area contributed by atoms with Gasteiger partial charge in [-0.1, -0.05) is 33.8 Å². The van der Waals surface area contributed by atoms with E-state index in [9.17, 15) is 9.59 Å². The Morgan fingerprint density at radius 2 is 2.05 bits per heavy atom. The first-order chi connectivity index (χ1) is 9.34. The van der Waals surface area contributed by atoms with Crippen molar-refractivity contribution in [3.63, 3.8) is 0 Å². The number of ketones is 1. The fourth-order valence-corrected chi connectivity index (χ4v) is 2.02. The number of Topliss-reactive ketones (excluding diaryl/α,β-unsaturated/α-hetero) is 1. The number of nitrogens with one attached hydrogen (secondary N) is 1. The van der Waals surface area contributed by atoms with Crippen molar-refractivity contribution in [3.05, 3.63) is 30.1 Å². The van der Waals surface area contributed by atoms with Gasteiger partial charge >= 0.3 is 0 Å². The lowest BCUT2D eigenvalue weighted by Gasteiger charge is -2.30. The molecule has 0 saturated carbocycles. The van der Waals surface area contributed by atoms with Gasteiger partial charge in [-0.2, -0.15) is 0 Å². The Hall–Kier alpha value is -1.71. The predicted octanol–water partition coefficient (Wildman–Crippen LogP) is 2.52. The average Bonchev–Trinajstić information content (AvgIpc) is 2.41. The zero-order valence-electron chi connectivity index (χ0n) is 12.8. The molecular weight excluding hydrogens is 252 g/mol. The van der Waals surface area contributed by atoms with Crippen molar-refractivity contribution in [3.8, 4) is 0 Å². The number of pyridine rings is 1. The SMILES string of the molecule is CCC(=O)C(NC(=O)CCc1cccnc1)C(C)(C)C. The van der Waals surface area contributed by atoms with E-state index in [4.69, 9.17) is 0 Å². The van der Waals surface area contributed by atoms with Crippen LogP contribution in [0.5, 0.6) is 0 Å². The van der Waals surface area contributed by atoms with Crippen LogP contribution in [0.25, 0.3) is 0 Å². The van der Waals surface area contributed by atoms with Gasteiger partial charge in [-0.05, 0) is 23.5 Å². The molecular formula is C16H24N2O2. The Bertz CT molecular complexity index is 449. The Labute approximate surface area is 121 Å². The largest absolute Gasteiger partial charge is 0.346 e. The summed E-state index contributed by atoms with van der Waals surface area (Å²) in [6.45, 7) is 7.72. The molecule has 0 aliphatic heterocycles. The number of amides is 1. The third-order valence-electron chi connectivity index (χ3n) is 3.21. The topological polar surface area (TPSA) is 59.1 Å². The lowest BCUT2D eigenvalue weighted by Crippen LogP contribution is -2.49. The van der Waals surface area contributed by atoms with Gasteiger partial charge in [-0.25, -0.2) is 0 Å². The lowest BCUT2D eigenvalue weighted by molar-refractivity contribution is -0.130. The molecule has 1 atom stereocenters. The number of aromatic nitrogens is 1. The number of rotatable bonds is 6. The number of carbonyl (C=O) groups excluding carboxylic acids is 2. The summed E-state index contributed by atoms with van der Waals surface area (Å²) in [7, 11) is 0. The second-order valence-corrected chi connectivity index (χ2v) is 6.05. The van der Waals surface area contributed by atoms with Gasteiger partial charge in [0.05, 0.1) is 6.04 Å². The molecule has 20 heavy (non-hydrogen) atoms. The summed E-state index contributed by atoms with van der Waals surface area (Å²) >= 11 is 0. The molecule has 1 unspecified atom stereocenters. The molecule has 1 amide bonds. The van der Waals surface area contributed by atoms with E-state index >= 15 is 0 Å². The number of carbonyl (C=O) groups is 2. The third kappa shape index (κ3) is 5.11. The summed E-state index contributed by atoms with van der Waals surface area (Å²) in [5.41, 5.74) is 0.758. The summed E-state index contributed by atoms with van der Waals surface area (Å²) in [4.78, 5) is 28.0. The molecule has 1 aromatic rings. The van der Waals surface area contributed by atoms with Gasteiger partial charge in [0, 0.05) is 25.2 Å². The van der Waals surface area contributed by atoms with Gasteiger partial charge in [0.25, 0.3) is 0 Å². The van der Waals surface area contributed by atoms with Crippen LogP contribution in [0, 0.1) is 5.41 Å². The monoisotopic (exact) mass is 276 g/mol. The first-order valence-electron chi connectivity index (χ1n) is 7.05. The highest BCUT2D eigenvalue weighted by atomic mass is 16.2. The van der Waals surface area contributed by atoms with Crippen LogP contribution in [0.2, 0.25) is 0 Å². The van der Waals surface area contributed by atoms with Crippen LogP contribution in [-0.4, -0.2) is 22.7 Å². The molecule has 1 aromatic heterocycles. The van der Waals surface area contributed by atoms with Gasteiger partial charge in [0.2, 0.25) is 5.91 Å². The van der Waals surface area contributed by atoms with Crippen LogP contribution in [0.4, 0.5) is 0 Å². The van der Waals surface area contributed by atoms with Gasteiger partial charge in [0.15, 0.2) is 5.78 Å². The zero-order valence-corrected chi connectivity index (χ0v) is 12.8. The molecule has 0 saturated heterocycles. The molecule has 1 heterocycles. The molecule has 110 valence electrons. The van der Waals surface area contributed by atoms with Gasteiger partial charge in [0.1, 0.15) is 0 Å². The predicted molar refractivity (Wildman–Crippen MR) is 79.2 cm³/mol. The summed E-state index contributed by atoms with van der Waals surface area (Å²) in [5.74, 6) is -0.0113. The second kappa shape index (κ2) is 7.17.